The van der Waals surface area contributed by atoms with Gasteiger partial charge in [-0.15, -0.1) is 0 Å². The van der Waals surface area contributed by atoms with Gasteiger partial charge in [0.2, 0.25) is 0 Å². The standard InChI is InChI=1S/C16H8Br3NO5/c17-7-1-2-11(21)10(5-7)20-15(23)8-3-6-4-9(18)13(22)12(19)14(6)25-16(8)24/h1-5,21-22H,(H,20,23). The van der Waals surface area contributed by atoms with E-state index in [0.717, 1.165) is 0 Å². The van der Waals surface area contributed by atoms with Crippen LogP contribution >= 0.6 is 47.8 Å². The summed E-state index contributed by atoms with van der Waals surface area (Å²) in [5, 5.41) is 22.5. The molecule has 0 atom stereocenters. The lowest BCUT2D eigenvalue weighted by Crippen LogP contribution is -2.20. The normalized spacial score (nSPS) is 10.8. The summed E-state index contributed by atoms with van der Waals surface area (Å²) in [6.07, 6.45) is 0. The summed E-state index contributed by atoms with van der Waals surface area (Å²) in [5.74, 6) is -0.992. The van der Waals surface area contributed by atoms with Crippen LogP contribution in [0.3, 0.4) is 0 Å². The van der Waals surface area contributed by atoms with Gasteiger partial charge in [0.05, 0.1) is 10.2 Å². The third-order valence-corrected chi connectivity index (χ3v) is 5.18. The van der Waals surface area contributed by atoms with Gasteiger partial charge in [-0.1, -0.05) is 15.9 Å². The maximum absolute atomic E-state index is 12.4. The number of nitrogens with one attached hydrogen (secondary N) is 1. The van der Waals surface area contributed by atoms with Crippen LogP contribution in [0.15, 0.2) is 53.0 Å². The van der Waals surface area contributed by atoms with Gasteiger partial charge < -0.3 is 19.9 Å². The molecule has 1 aromatic heterocycles. The second-order valence-corrected chi connectivity index (χ2v) is 7.57. The highest BCUT2D eigenvalue weighted by Gasteiger charge is 2.19. The molecule has 25 heavy (non-hydrogen) atoms. The number of carbonyl (C=O) groups excluding carboxylic acids is 1. The van der Waals surface area contributed by atoms with E-state index < -0.39 is 11.5 Å². The summed E-state index contributed by atoms with van der Waals surface area (Å²) < 4.78 is 6.38. The highest BCUT2D eigenvalue weighted by atomic mass is 79.9. The zero-order chi connectivity index (χ0) is 18.3. The molecule has 0 saturated carbocycles. The Labute approximate surface area is 165 Å². The van der Waals surface area contributed by atoms with Crippen molar-refractivity contribution in [3.8, 4) is 11.5 Å². The quantitative estimate of drug-likeness (QED) is 0.326. The number of hydrogen-bond donors (Lipinski definition) is 3. The van der Waals surface area contributed by atoms with E-state index in [2.05, 4.69) is 53.1 Å². The van der Waals surface area contributed by atoms with E-state index in [-0.39, 0.29) is 32.8 Å². The minimum Gasteiger partial charge on any atom is -0.506 e. The van der Waals surface area contributed by atoms with Crippen LogP contribution in [0.25, 0.3) is 11.0 Å². The van der Waals surface area contributed by atoms with E-state index in [1.54, 1.807) is 6.07 Å². The molecule has 128 valence electrons. The molecule has 0 spiro atoms. The van der Waals surface area contributed by atoms with E-state index in [9.17, 15) is 19.8 Å². The first-order valence-electron chi connectivity index (χ1n) is 6.72. The fraction of sp³-hybridized carbons (Fsp3) is 0. The molecule has 6 nitrogen and oxygen atoms in total. The Kier molecular flexibility index (Phi) is 4.90. The van der Waals surface area contributed by atoms with Gasteiger partial charge >= 0.3 is 5.63 Å². The Balaban J connectivity index is 2.08. The lowest BCUT2D eigenvalue weighted by Gasteiger charge is -2.09. The molecule has 0 aliphatic carbocycles. The number of phenolic OH excluding ortho intramolecular Hbond substituents is 2. The van der Waals surface area contributed by atoms with Crippen molar-refractivity contribution in [2.24, 2.45) is 0 Å². The number of rotatable bonds is 2. The number of carbonyl (C=O) groups is 1. The molecule has 1 amide bonds. The molecule has 0 bridgehead atoms. The molecule has 9 heteroatoms. The largest absolute Gasteiger partial charge is 0.506 e. The fourth-order valence-electron chi connectivity index (χ4n) is 2.14. The minimum absolute atomic E-state index is 0.118. The highest BCUT2D eigenvalue weighted by Crippen LogP contribution is 2.38. The van der Waals surface area contributed by atoms with Crippen molar-refractivity contribution in [1.82, 2.24) is 0 Å². The van der Waals surface area contributed by atoms with Crippen molar-refractivity contribution >= 4 is 70.4 Å². The smallest absolute Gasteiger partial charge is 0.349 e. The lowest BCUT2D eigenvalue weighted by molar-refractivity contribution is 0.102. The summed E-state index contributed by atoms with van der Waals surface area (Å²) in [6.45, 7) is 0. The van der Waals surface area contributed by atoms with Gasteiger partial charge in [-0.05, 0) is 62.2 Å². The van der Waals surface area contributed by atoms with Crippen molar-refractivity contribution in [2.45, 2.75) is 0 Å². The van der Waals surface area contributed by atoms with Gasteiger partial charge in [0.1, 0.15) is 21.5 Å². The molecule has 1 heterocycles. The average molecular weight is 534 g/mol. The second-order valence-electron chi connectivity index (χ2n) is 5.00. The van der Waals surface area contributed by atoms with Crippen molar-refractivity contribution in [3.05, 3.63) is 59.7 Å². The second kappa shape index (κ2) is 6.81. The van der Waals surface area contributed by atoms with Gasteiger partial charge in [-0.3, -0.25) is 4.79 Å². The van der Waals surface area contributed by atoms with Crippen LogP contribution in [-0.2, 0) is 0 Å². The zero-order valence-electron chi connectivity index (χ0n) is 12.1. The average Bonchev–Trinajstić information content (AvgIpc) is 2.56. The first-order valence-corrected chi connectivity index (χ1v) is 9.10. The van der Waals surface area contributed by atoms with Crippen molar-refractivity contribution in [3.63, 3.8) is 0 Å². The first kappa shape index (κ1) is 18.0. The number of aromatic hydroxyl groups is 2. The summed E-state index contributed by atoms with van der Waals surface area (Å²) in [4.78, 5) is 24.6. The molecular formula is C16H8Br3NO5. The third kappa shape index (κ3) is 3.44. The van der Waals surface area contributed by atoms with Gasteiger partial charge in [0.15, 0.2) is 5.58 Å². The van der Waals surface area contributed by atoms with Gasteiger partial charge in [0, 0.05) is 9.86 Å². The maximum Gasteiger partial charge on any atom is 0.349 e. The Morgan fingerprint density at radius 2 is 1.80 bits per heavy atom. The number of amides is 1. The molecule has 2 aromatic carbocycles. The molecule has 0 aliphatic heterocycles. The van der Waals surface area contributed by atoms with Crippen LogP contribution in [0.4, 0.5) is 5.69 Å². The Bertz CT molecular complexity index is 1080. The van der Waals surface area contributed by atoms with Gasteiger partial charge in [0.25, 0.3) is 5.91 Å². The van der Waals surface area contributed by atoms with Crippen molar-refractivity contribution < 1.29 is 19.4 Å². The number of anilines is 1. The molecule has 0 saturated heterocycles. The molecule has 0 fully saturated rings. The summed E-state index contributed by atoms with van der Waals surface area (Å²) >= 11 is 9.56. The zero-order valence-corrected chi connectivity index (χ0v) is 16.9. The summed E-state index contributed by atoms with van der Waals surface area (Å²) in [6, 6.07) is 7.38. The molecule has 3 rings (SSSR count). The molecule has 0 aliphatic rings. The van der Waals surface area contributed by atoms with E-state index in [0.29, 0.717) is 14.3 Å². The van der Waals surface area contributed by atoms with Crippen LogP contribution < -0.4 is 10.9 Å². The SMILES string of the molecule is O=C(Nc1cc(Br)ccc1O)c1cc2cc(Br)c(O)c(Br)c2oc1=O. The number of halogens is 3. The predicted molar refractivity (Wildman–Crippen MR) is 103 cm³/mol. The van der Waals surface area contributed by atoms with Crippen LogP contribution in [0.5, 0.6) is 11.5 Å². The number of phenols is 2. The molecular weight excluding hydrogens is 526 g/mol. The lowest BCUT2D eigenvalue weighted by atomic mass is 10.1. The molecule has 0 radical (unpaired) electrons. The van der Waals surface area contributed by atoms with Crippen molar-refractivity contribution in [1.29, 1.82) is 0 Å². The van der Waals surface area contributed by atoms with E-state index in [1.165, 1.54) is 24.3 Å². The highest BCUT2D eigenvalue weighted by molar-refractivity contribution is 9.11. The first-order chi connectivity index (χ1) is 11.8. The van der Waals surface area contributed by atoms with E-state index in [1.807, 2.05) is 0 Å². The van der Waals surface area contributed by atoms with Gasteiger partial charge in [-0.25, -0.2) is 4.79 Å². The maximum atomic E-state index is 12.4. The number of hydrogen-bond acceptors (Lipinski definition) is 5. The Hall–Kier alpha value is -1.84. The Morgan fingerprint density at radius 1 is 1.08 bits per heavy atom. The molecule has 3 aromatic rings. The monoisotopic (exact) mass is 531 g/mol. The summed E-state index contributed by atoms with van der Waals surface area (Å²) in [5.41, 5.74) is -0.849. The van der Waals surface area contributed by atoms with Crippen LogP contribution in [0, 0.1) is 0 Å². The number of benzene rings is 2. The van der Waals surface area contributed by atoms with E-state index >= 15 is 0 Å². The summed E-state index contributed by atoms with van der Waals surface area (Å²) in [7, 11) is 0. The third-order valence-electron chi connectivity index (χ3n) is 3.34. The van der Waals surface area contributed by atoms with Gasteiger partial charge in [-0.2, -0.15) is 0 Å². The van der Waals surface area contributed by atoms with Crippen LogP contribution in [-0.4, -0.2) is 16.1 Å². The number of fused-ring (bicyclic) bond motifs is 1. The van der Waals surface area contributed by atoms with E-state index in [4.69, 9.17) is 4.42 Å². The van der Waals surface area contributed by atoms with Crippen molar-refractivity contribution in [2.75, 3.05) is 5.32 Å². The minimum atomic E-state index is -0.873. The molecule has 0 unspecified atom stereocenters. The van der Waals surface area contributed by atoms with Crippen LogP contribution in [0.1, 0.15) is 10.4 Å². The fourth-order valence-corrected chi connectivity index (χ4v) is 3.73. The van der Waals surface area contributed by atoms with Crippen LogP contribution in [0.2, 0.25) is 0 Å². The molecule has 3 N–H and O–H groups in total. The Morgan fingerprint density at radius 3 is 2.52 bits per heavy atom. The predicted octanol–water partition coefficient (Wildman–Crippen LogP) is 4.74. The topological polar surface area (TPSA) is 99.8 Å².